The third-order valence-corrected chi connectivity index (χ3v) is 6.72. The van der Waals surface area contributed by atoms with Crippen LogP contribution in [0.5, 0.6) is 17.2 Å². The van der Waals surface area contributed by atoms with Crippen molar-refractivity contribution in [2.45, 2.75) is 36.6 Å². The van der Waals surface area contributed by atoms with Gasteiger partial charge < -0.3 is 24.1 Å². The molecule has 2 aromatic carbocycles. The van der Waals surface area contributed by atoms with Gasteiger partial charge in [-0.15, -0.1) is 10.2 Å². The van der Waals surface area contributed by atoms with Crippen LogP contribution < -0.4 is 19.5 Å². The number of carbonyl (C=O) groups excluding carboxylic acids is 1. The number of aromatic nitrogens is 3. The molecule has 0 bridgehead atoms. The molecule has 0 atom stereocenters. The summed E-state index contributed by atoms with van der Waals surface area (Å²) in [6, 6.07) is 13.1. The molecule has 1 amide bonds. The summed E-state index contributed by atoms with van der Waals surface area (Å²) in [4.78, 5) is 12.5. The van der Waals surface area contributed by atoms with Gasteiger partial charge in [0.2, 0.25) is 5.91 Å². The summed E-state index contributed by atoms with van der Waals surface area (Å²) in [5.74, 6) is 2.52. The highest BCUT2D eigenvalue weighted by molar-refractivity contribution is 7.99. The average Bonchev–Trinajstić information content (AvgIpc) is 3.51. The standard InChI is InChI=1S/C23H24N4O4S/c1-27-21(15-5-8-17(29-2)9-6-15)25-26-22(27)32-14-20(28)24-16-7-10-18-19(13-16)31-23(30-18)11-3-4-12-23/h5-10,13H,3-4,11-12,14H2,1-2H3,(H,24,28). The van der Waals surface area contributed by atoms with Crippen molar-refractivity contribution >= 4 is 23.4 Å². The minimum absolute atomic E-state index is 0.126. The molecule has 5 rings (SSSR count). The molecule has 8 nitrogen and oxygen atoms in total. The van der Waals surface area contributed by atoms with E-state index in [1.165, 1.54) is 11.8 Å². The highest BCUT2D eigenvalue weighted by Gasteiger charge is 2.44. The minimum atomic E-state index is -0.506. The third-order valence-electron chi connectivity index (χ3n) is 5.70. The van der Waals surface area contributed by atoms with Crippen LogP contribution in [0.1, 0.15) is 25.7 Å². The summed E-state index contributed by atoms with van der Waals surface area (Å²) >= 11 is 1.33. The summed E-state index contributed by atoms with van der Waals surface area (Å²) in [6.45, 7) is 0. The fraction of sp³-hybridized carbons (Fsp3) is 0.348. The lowest BCUT2D eigenvalue weighted by molar-refractivity contribution is -0.113. The first-order chi connectivity index (χ1) is 15.5. The summed E-state index contributed by atoms with van der Waals surface area (Å²) in [7, 11) is 3.52. The van der Waals surface area contributed by atoms with E-state index < -0.39 is 5.79 Å². The summed E-state index contributed by atoms with van der Waals surface area (Å²) in [5.41, 5.74) is 1.61. The Labute approximate surface area is 190 Å². The van der Waals surface area contributed by atoms with E-state index in [-0.39, 0.29) is 11.7 Å². The molecule has 2 heterocycles. The van der Waals surface area contributed by atoms with E-state index in [1.54, 1.807) is 7.11 Å². The molecule has 1 saturated carbocycles. The van der Waals surface area contributed by atoms with Crippen molar-refractivity contribution in [1.82, 2.24) is 14.8 Å². The van der Waals surface area contributed by atoms with Crippen LogP contribution in [0.15, 0.2) is 47.6 Å². The maximum Gasteiger partial charge on any atom is 0.251 e. The zero-order valence-corrected chi connectivity index (χ0v) is 18.8. The van der Waals surface area contributed by atoms with Gasteiger partial charge in [-0.1, -0.05) is 11.8 Å². The number of nitrogens with zero attached hydrogens (tertiary/aromatic N) is 3. The Balaban J connectivity index is 1.19. The van der Waals surface area contributed by atoms with E-state index >= 15 is 0 Å². The van der Waals surface area contributed by atoms with Gasteiger partial charge in [0.05, 0.1) is 12.9 Å². The van der Waals surface area contributed by atoms with E-state index in [0.717, 1.165) is 48.6 Å². The smallest absolute Gasteiger partial charge is 0.251 e. The van der Waals surface area contributed by atoms with E-state index in [4.69, 9.17) is 14.2 Å². The molecule has 1 aromatic heterocycles. The van der Waals surface area contributed by atoms with E-state index in [9.17, 15) is 4.79 Å². The van der Waals surface area contributed by atoms with Crippen molar-refractivity contribution in [3.63, 3.8) is 0 Å². The number of hydrogen-bond acceptors (Lipinski definition) is 7. The molecule has 166 valence electrons. The van der Waals surface area contributed by atoms with Crippen LogP contribution in [0.25, 0.3) is 11.4 Å². The van der Waals surface area contributed by atoms with Crippen molar-refractivity contribution in [2.75, 3.05) is 18.2 Å². The molecule has 32 heavy (non-hydrogen) atoms. The quantitative estimate of drug-likeness (QED) is 0.559. The van der Waals surface area contributed by atoms with Crippen LogP contribution in [0.2, 0.25) is 0 Å². The normalized spacial score (nSPS) is 15.8. The molecule has 1 fully saturated rings. The van der Waals surface area contributed by atoms with Crippen LogP contribution in [-0.4, -0.2) is 39.3 Å². The van der Waals surface area contributed by atoms with Crippen molar-refractivity contribution in [1.29, 1.82) is 0 Å². The van der Waals surface area contributed by atoms with Crippen LogP contribution in [-0.2, 0) is 11.8 Å². The van der Waals surface area contributed by atoms with Gasteiger partial charge in [0.25, 0.3) is 5.79 Å². The fourth-order valence-electron chi connectivity index (χ4n) is 4.05. The predicted octanol–water partition coefficient (Wildman–Crippen LogP) is 4.26. The number of rotatable bonds is 6. The number of hydrogen-bond donors (Lipinski definition) is 1. The number of ether oxygens (including phenoxy) is 3. The second kappa shape index (κ2) is 8.38. The molecule has 2 aliphatic rings. The van der Waals surface area contributed by atoms with Crippen LogP contribution in [0.3, 0.4) is 0 Å². The highest BCUT2D eigenvalue weighted by atomic mass is 32.2. The van der Waals surface area contributed by atoms with E-state index in [2.05, 4.69) is 15.5 Å². The van der Waals surface area contributed by atoms with Gasteiger partial charge in [-0.3, -0.25) is 4.79 Å². The second-order valence-electron chi connectivity index (χ2n) is 7.91. The topological polar surface area (TPSA) is 87.5 Å². The van der Waals surface area contributed by atoms with E-state index in [0.29, 0.717) is 16.6 Å². The Hall–Kier alpha value is -3.20. The first-order valence-corrected chi connectivity index (χ1v) is 11.5. The van der Waals surface area contributed by atoms with Gasteiger partial charge >= 0.3 is 0 Å². The lowest BCUT2D eigenvalue weighted by atomic mass is 10.2. The minimum Gasteiger partial charge on any atom is -0.497 e. The van der Waals surface area contributed by atoms with Crippen molar-refractivity contribution in [2.24, 2.45) is 7.05 Å². The first-order valence-electron chi connectivity index (χ1n) is 10.5. The number of carbonyl (C=O) groups is 1. The van der Waals surface area contributed by atoms with Crippen molar-refractivity contribution in [3.8, 4) is 28.6 Å². The monoisotopic (exact) mass is 452 g/mol. The Kier molecular flexibility index (Phi) is 5.42. The number of benzene rings is 2. The first kappa shape index (κ1) is 20.7. The second-order valence-corrected chi connectivity index (χ2v) is 8.86. The molecule has 0 unspecified atom stereocenters. The Morgan fingerprint density at radius 1 is 1.12 bits per heavy atom. The number of amides is 1. The van der Waals surface area contributed by atoms with Gasteiger partial charge in [0.1, 0.15) is 5.75 Å². The Morgan fingerprint density at radius 3 is 2.62 bits per heavy atom. The number of fused-ring (bicyclic) bond motifs is 1. The molecular weight excluding hydrogens is 428 g/mol. The lowest BCUT2D eigenvalue weighted by Crippen LogP contribution is -2.34. The van der Waals surface area contributed by atoms with E-state index in [1.807, 2.05) is 54.1 Å². The van der Waals surface area contributed by atoms with Gasteiger partial charge in [-0.2, -0.15) is 0 Å². The fourth-order valence-corrected chi connectivity index (χ4v) is 4.76. The highest BCUT2D eigenvalue weighted by Crippen LogP contribution is 2.47. The maximum atomic E-state index is 12.5. The van der Waals surface area contributed by atoms with Crippen molar-refractivity contribution < 1.29 is 19.0 Å². The largest absolute Gasteiger partial charge is 0.497 e. The van der Waals surface area contributed by atoms with Gasteiger partial charge in [0.15, 0.2) is 22.5 Å². The number of nitrogens with one attached hydrogen (secondary N) is 1. The SMILES string of the molecule is COc1ccc(-c2nnc(SCC(=O)Nc3ccc4c(c3)OC3(CCCC3)O4)n2C)cc1. The molecule has 1 spiro atoms. The maximum absolute atomic E-state index is 12.5. The lowest BCUT2D eigenvalue weighted by Gasteiger charge is -2.21. The molecule has 1 aliphatic carbocycles. The molecule has 9 heteroatoms. The average molecular weight is 453 g/mol. The molecule has 0 radical (unpaired) electrons. The summed E-state index contributed by atoms with van der Waals surface area (Å²) < 4.78 is 19.2. The molecule has 0 saturated heterocycles. The summed E-state index contributed by atoms with van der Waals surface area (Å²) in [5, 5.41) is 12.1. The Bertz CT molecular complexity index is 1140. The molecule has 3 aromatic rings. The van der Waals surface area contributed by atoms with Gasteiger partial charge in [0, 0.05) is 37.2 Å². The van der Waals surface area contributed by atoms with Crippen LogP contribution in [0.4, 0.5) is 5.69 Å². The predicted molar refractivity (Wildman–Crippen MR) is 121 cm³/mol. The molecule has 1 aliphatic heterocycles. The zero-order valence-electron chi connectivity index (χ0n) is 18.0. The van der Waals surface area contributed by atoms with Crippen LogP contribution >= 0.6 is 11.8 Å². The van der Waals surface area contributed by atoms with Crippen LogP contribution in [0, 0.1) is 0 Å². The zero-order chi connectivity index (χ0) is 22.1. The Morgan fingerprint density at radius 2 is 1.88 bits per heavy atom. The number of methoxy groups -OCH3 is 1. The summed E-state index contributed by atoms with van der Waals surface area (Å²) in [6.07, 6.45) is 4.01. The molecule has 1 N–H and O–H groups in total. The number of anilines is 1. The third kappa shape index (κ3) is 4.00. The van der Waals surface area contributed by atoms with Gasteiger partial charge in [-0.05, 0) is 49.2 Å². The van der Waals surface area contributed by atoms with Gasteiger partial charge in [-0.25, -0.2) is 0 Å². The number of thioether (sulfide) groups is 1. The molecular formula is C23H24N4O4S. The van der Waals surface area contributed by atoms with Crippen molar-refractivity contribution in [3.05, 3.63) is 42.5 Å².